The number of sulfonamides is 1. The van der Waals surface area contributed by atoms with E-state index in [1.165, 1.54) is 12.1 Å². The van der Waals surface area contributed by atoms with Gasteiger partial charge in [-0.25, -0.2) is 17.9 Å². The second kappa shape index (κ2) is 7.31. The number of nitrogens with one attached hydrogen (secondary N) is 3. The third-order valence-electron chi connectivity index (χ3n) is 4.69. The minimum absolute atomic E-state index is 0.174. The summed E-state index contributed by atoms with van der Waals surface area (Å²) in [7, 11) is -3.57. The number of fused-ring (bicyclic) bond motifs is 1. The Morgan fingerprint density at radius 1 is 1.20 bits per heavy atom. The molecule has 2 aromatic rings. The fraction of sp³-hybridized carbons (Fsp3) is 0.588. The molecule has 0 bridgehead atoms. The monoisotopic (exact) mass is 366 g/mol. The van der Waals surface area contributed by atoms with Crippen molar-refractivity contribution in [1.29, 1.82) is 0 Å². The Hall–Kier alpha value is -1.64. The van der Waals surface area contributed by atoms with E-state index in [9.17, 15) is 13.2 Å². The van der Waals surface area contributed by atoms with E-state index in [1.807, 2.05) is 0 Å². The molecule has 0 amide bonds. The van der Waals surface area contributed by atoms with Gasteiger partial charge in [0.1, 0.15) is 0 Å². The summed E-state index contributed by atoms with van der Waals surface area (Å²) in [6, 6.07) is 4.60. The summed E-state index contributed by atoms with van der Waals surface area (Å²) < 4.78 is 27.7. The molecule has 1 aliphatic rings. The number of hydrogen-bond donors (Lipinski definition) is 3. The van der Waals surface area contributed by atoms with Gasteiger partial charge in [0, 0.05) is 13.1 Å². The highest BCUT2D eigenvalue weighted by molar-refractivity contribution is 7.89. The van der Waals surface area contributed by atoms with Crippen molar-refractivity contribution in [2.24, 2.45) is 11.8 Å². The fourth-order valence-electron chi connectivity index (χ4n) is 3.38. The van der Waals surface area contributed by atoms with Gasteiger partial charge in [0.05, 0.1) is 15.9 Å². The molecule has 0 atom stereocenters. The highest BCUT2D eigenvalue weighted by atomic mass is 32.2. The maximum Gasteiger partial charge on any atom is 0.323 e. The van der Waals surface area contributed by atoms with E-state index >= 15 is 0 Å². The fourth-order valence-corrected chi connectivity index (χ4v) is 4.52. The molecule has 1 aromatic heterocycles. The number of piperidine rings is 1. The molecule has 3 rings (SSSR count). The molecular formula is C17H26N4O3S. The normalized spacial score (nSPS) is 17.6. The number of imidazole rings is 1. The molecule has 0 aliphatic carbocycles. The topological polar surface area (TPSA) is 98.1 Å². The Morgan fingerprint density at radius 2 is 1.88 bits per heavy atom. The van der Waals surface area contributed by atoms with Crippen molar-refractivity contribution in [1.82, 2.24) is 19.6 Å². The van der Waals surface area contributed by atoms with E-state index in [1.54, 1.807) is 6.07 Å². The number of benzene rings is 1. The lowest BCUT2D eigenvalue weighted by Gasteiger charge is -2.32. The molecule has 3 N–H and O–H groups in total. The first-order chi connectivity index (χ1) is 11.8. The summed E-state index contributed by atoms with van der Waals surface area (Å²) in [5, 5.41) is 0. The molecule has 25 heavy (non-hydrogen) atoms. The summed E-state index contributed by atoms with van der Waals surface area (Å²) in [5.74, 6) is 1.03. The van der Waals surface area contributed by atoms with Crippen LogP contribution in [0.5, 0.6) is 0 Å². The third kappa shape index (κ3) is 4.50. The molecular weight excluding hydrogens is 340 g/mol. The zero-order valence-electron chi connectivity index (χ0n) is 14.7. The lowest BCUT2D eigenvalue weighted by atomic mass is 9.96. The molecule has 0 saturated carbocycles. The van der Waals surface area contributed by atoms with Crippen LogP contribution in [0.15, 0.2) is 27.9 Å². The molecule has 8 heteroatoms. The molecule has 0 spiro atoms. The summed E-state index contributed by atoms with van der Waals surface area (Å²) in [5.41, 5.74) is 0.752. The standard InChI is InChI=1S/C17H26N4O3S/c1-12(2)11-21-7-5-13(6-8-21)10-18-25(23,24)14-3-4-15-16(9-14)20-17(22)19-15/h3-4,9,12-13,18H,5-8,10-11H2,1-2H3,(H2,19,20,22). The van der Waals surface area contributed by atoms with Gasteiger partial charge in [-0.05, 0) is 56.0 Å². The van der Waals surface area contributed by atoms with Crippen LogP contribution in [0.4, 0.5) is 0 Å². The first kappa shape index (κ1) is 18.2. The van der Waals surface area contributed by atoms with Crippen LogP contribution in [0.1, 0.15) is 26.7 Å². The Labute approximate surface area is 147 Å². The van der Waals surface area contributed by atoms with Crippen LogP contribution in [0, 0.1) is 11.8 Å². The number of aromatic nitrogens is 2. The molecule has 2 heterocycles. The van der Waals surface area contributed by atoms with Crippen LogP contribution in [0.3, 0.4) is 0 Å². The second-order valence-corrected chi connectivity index (χ2v) is 9.04. The van der Waals surface area contributed by atoms with Crippen LogP contribution < -0.4 is 10.4 Å². The van der Waals surface area contributed by atoms with Gasteiger partial charge < -0.3 is 14.9 Å². The minimum atomic E-state index is -3.57. The number of likely N-dealkylation sites (tertiary alicyclic amines) is 1. The highest BCUT2D eigenvalue weighted by Gasteiger charge is 2.22. The van der Waals surface area contributed by atoms with Crippen molar-refractivity contribution < 1.29 is 8.42 Å². The molecule has 0 unspecified atom stereocenters. The zero-order chi connectivity index (χ0) is 18.0. The number of rotatable bonds is 6. The molecule has 1 aliphatic heterocycles. The van der Waals surface area contributed by atoms with Crippen molar-refractivity contribution >= 4 is 21.1 Å². The van der Waals surface area contributed by atoms with Gasteiger partial charge in [-0.1, -0.05) is 13.8 Å². The lowest BCUT2D eigenvalue weighted by molar-refractivity contribution is 0.169. The molecule has 1 aromatic carbocycles. The van der Waals surface area contributed by atoms with E-state index < -0.39 is 10.0 Å². The van der Waals surface area contributed by atoms with Crippen LogP contribution in [0.2, 0.25) is 0 Å². The van der Waals surface area contributed by atoms with E-state index in [-0.39, 0.29) is 10.6 Å². The van der Waals surface area contributed by atoms with Crippen molar-refractivity contribution in [3.8, 4) is 0 Å². The first-order valence-corrected chi connectivity index (χ1v) is 10.3. The van der Waals surface area contributed by atoms with Gasteiger partial charge in [-0.3, -0.25) is 0 Å². The Morgan fingerprint density at radius 3 is 2.56 bits per heavy atom. The SMILES string of the molecule is CC(C)CN1CCC(CNS(=O)(=O)c2ccc3[nH]c(=O)[nH]c3c2)CC1. The minimum Gasteiger partial charge on any atom is -0.306 e. The zero-order valence-corrected chi connectivity index (χ0v) is 15.5. The summed E-state index contributed by atoms with van der Waals surface area (Å²) in [6.45, 7) is 8.05. The van der Waals surface area contributed by atoms with E-state index in [0.29, 0.717) is 29.4 Å². The Kier molecular flexibility index (Phi) is 5.31. The lowest BCUT2D eigenvalue weighted by Crippen LogP contribution is -2.40. The average molecular weight is 366 g/mol. The number of aromatic amines is 2. The van der Waals surface area contributed by atoms with Gasteiger partial charge >= 0.3 is 5.69 Å². The maximum absolute atomic E-state index is 12.5. The van der Waals surface area contributed by atoms with Gasteiger partial charge in [-0.2, -0.15) is 0 Å². The van der Waals surface area contributed by atoms with E-state index in [2.05, 4.69) is 33.4 Å². The van der Waals surface area contributed by atoms with Crippen LogP contribution >= 0.6 is 0 Å². The van der Waals surface area contributed by atoms with Crippen molar-refractivity contribution in [2.75, 3.05) is 26.2 Å². The quantitative estimate of drug-likeness (QED) is 0.722. The maximum atomic E-state index is 12.5. The van der Waals surface area contributed by atoms with E-state index in [4.69, 9.17) is 0 Å². The number of H-pyrrole nitrogens is 2. The van der Waals surface area contributed by atoms with Crippen LogP contribution in [0.25, 0.3) is 11.0 Å². The van der Waals surface area contributed by atoms with Crippen molar-refractivity contribution in [3.63, 3.8) is 0 Å². The van der Waals surface area contributed by atoms with Crippen LogP contribution in [-0.2, 0) is 10.0 Å². The van der Waals surface area contributed by atoms with Crippen molar-refractivity contribution in [3.05, 3.63) is 28.7 Å². The smallest absolute Gasteiger partial charge is 0.306 e. The molecule has 0 radical (unpaired) electrons. The van der Waals surface area contributed by atoms with Crippen molar-refractivity contribution in [2.45, 2.75) is 31.6 Å². The van der Waals surface area contributed by atoms with Gasteiger partial charge in [0.15, 0.2) is 0 Å². The second-order valence-electron chi connectivity index (χ2n) is 7.28. The number of hydrogen-bond acceptors (Lipinski definition) is 4. The molecule has 7 nitrogen and oxygen atoms in total. The van der Waals surface area contributed by atoms with E-state index in [0.717, 1.165) is 32.5 Å². The van der Waals surface area contributed by atoms with Gasteiger partial charge in [0.25, 0.3) is 0 Å². The highest BCUT2D eigenvalue weighted by Crippen LogP contribution is 2.19. The predicted molar refractivity (Wildman–Crippen MR) is 98.1 cm³/mol. The summed E-state index contributed by atoms with van der Waals surface area (Å²) in [6.07, 6.45) is 2.03. The molecule has 1 saturated heterocycles. The summed E-state index contributed by atoms with van der Waals surface area (Å²) >= 11 is 0. The number of nitrogens with zero attached hydrogens (tertiary/aromatic N) is 1. The average Bonchev–Trinajstić information content (AvgIpc) is 2.93. The molecule has 138 valence electrons. The first-order valence-electron chi connectivity index (χ1n) is 8.77. The largest absolute Gasteiger partial charge is 0.323 e. The Balaban J connectivity index is 1.59. The molecule has 1 fully saturated rings. The van der Waals surface area contributed by atoms with Gasteiger partial charge in [0.2, 0.25) is 10.0 Å². The predicted octanol–water partition coefficient (Wildman–Crippen LogP) is 1.50. The van der Waals surface area contributed by atoms with Crippen LogP contribution in [-0.4, -0.2) is 49.5 Å². The van der Waals surface area contributed by atoms with Gasteiger partial charge in [-0.15, -0.1) is 0 Å². The third-order valence-corrected chi connectivity index (χ3v) is 6.11. The Bertz CT molecular complexity index is 877. The summed E-state index contributed by atoms with van der Waals surface area (Å²) in [4.78, 5) is 19.1.